The monoisotopic (exact) mass is 354 g/mol. The van der Waals surface area contributed by atoms with E-state index in [4.69, 9.17) is 0 Å². The molecule has 2 heteroatoms. The van der Waals surface area contributed by atoms with E-state index in [2.05, 4.69) is 37.9 Å². The van der Waals surface area contributed by atoms with Gasteiger partial charge in [-0.3, -0.25) is 0 Å². The van der Waals surface area contributed by atoms with Gasteiger partial charge in [0.05, 0.1) is 0 Å². The number of likely N-dealkylation sites (N-methyl/N-ethyl adjacent to an activating group) is 2. The summed E-state index contributed by atoms with van der Waals surface area (Å²) in [6, 6.07) is 0. The fourth-order valence-corrected chi connectivity index (χ4v) is 3.41. The Hall–Kier alpha value is -0.0800. The fraction of sp³-hybridized carbons (Fsp3) is 1.00. The molecular formula is C23H50N2. The Morgan fingerprint density at radius 1 is 0.400 bits per heavy atom. The van der Waals surface area contributed by atoms with Gasteiger partial charge in [-0.25, -0.2) is 0 Å². The third kappa shape index (κ3) is 21.9. The Kier molecular flexibility index (Phi) is 20.2. The van der Waals surface area contributed by atoms with Crippen molar-refractivity contribution in [3.63, 3.8) is 0 Å². The molecule has 0 fully saturated rings. The summed E-state index contributed by atoms with van der Waals surface area (Å²) in [5.74, 6) is 0. The molecule has 0 atom stereocenters. The van der Waals surface area contributed by atoms with Gasteiger partial charge >= 0.3 is 0 Å². The Balaban J connectivity index is 3.07. The fourth-order valence-electron chi connectivity index (χ4n) is 3.41. The van der Waals surface area contributed by atoms with Gasteiger partial charge in [-0.15, -0.1) is 0 Å². The van der Waals surface area contributed by atoms with Gasteiger partial charge in [-0.1, -0.05) is 103 Å². The van der Waals surface area contributed by atoms with Crippen LogP contribution in [0.2, 0.25) is 0 Å². The minimum Gasteiger partial charge on any atom is -0.308 e. The van der Waals surface area contributed by atoms with Crippen molar-refractivity contribution in [1.29, 1.82) is 0 Å². The van der Waals surface area contributed by atoms with Crippen LogP contribution in [-0.4, -0.2) is 50.6 Å². The maximum atomic E-state index is 2.48. The first-order valence-corrected chi connectivity index (χ1v) is 11.5. The lowest BCUT2D eigenvalue weighted by atomic mass is 10.0. The van der Waals surface area contributed by atoms with E-state index in [0.29, 0.717) is 0 Å². The van der Waals surface area contributed by atoms with Crippen LogP contribution in [0.5, 0.6) is 0 Å². The molecule has 0 radical (unpaired) electrons. The smallest absolute Gasteiger partial charge is 0.0106 e. The molecule has 0 saturated carbocycles. The van der Waals surface area contributed by atoms with Gasteiger partial charge in [0.15, 0.2) is 0 Å². The zero-order valence-corrected chi connectivity index (χ0v) is 18.3. The number of unbranched alkanes of at least 4 members (excludes halogenated alkanes) is 15. The van der Waals surface area contributed by atoms with E-state index in [0.717, 1.165) is 0 Å². The number of hydrogen-bond acceptors (Lipinski definition) is 2. The first kappa shape index (κ1) is 24.9. The highest BCUT2D eigenvalue weighted by Gasteiger charge is 1.99. The maximum absolute atomic E-state index is 2.48. The molecule has 0 aromatic rings. The van der Waals surface area contributed by atoms with E-state index in [-0.39, 0.29) is 0 Å². The van der Waals surface area contributed by atoms with Gasteiger partial charge in [0, 0.05) is 13.1 Å². The molecule has 2 nitrogen and oxygen atoms in total. The number of hydrogen-bond donors (Lipinski definition) is 0. The molecule has 0 spiro atoms. The molecule has 0 rings (SSSR count). The number of nitrogens with zero attached hydrogens (tertiary/aromatic N) is 2. The summed E-state index contributed by atoms with van der Waals surface area (Å²) in [4.78, 5) is 4.74. The average Bonchev–Trinajstić information content (AvgIpc) is 2.59. The van der Waals surface area contributed by atoms with Gasteiger partial charge in [-0.2, -0.15) is 0 Å². The zero-order chi connectivity index (χ0) is 18.6. The van der Waals surface area contributed by atoms with Crippen molar-refractivity contribution in [3.8, 4) is 0 Å². The summed E-state index contributed by atoms with van der Waals surface area (Å²) in [5, 5.41) is 0. The van der Waals surface area contributed by atoms with Gasteiger partial charge in [0.25, 0.3) is 0 Å². The first-order valence-electron chi connectivity index (χ1n) is 11.5. The van der Waals surface area contributed by atoms with E-state index in [1.165, 1.54) is 122 Å². The Morgan fingerprint density at radius 2 is 0.760 bits per heavy atom. The van der Waals surface area contributed by atoms with Crippen molar-refractivity contribution in [3.05, 3.63) is 0 Å². The molecule has 0 aromatic carbocycles. The van der Waals surface area contributed by atoms with E-state index in [1.807, 2.05) is 0 Å². The quantitative estimate of drug-likeness (QED) is 0.223. The van der Waals surface area contributed by atoms with Crippen molar-refractivity contribution in [2.75, 3.05) is 40.8 Å². The summed E-state index contributed by atoms with van der Waals surface area (Å²) >= 11 is 0. The summed E-state index contributed by atoms with van der Waals surface area (Å²) in [7, 11) is 6.57. The van der Waals surface area contributed by atoms with Crippen LogP contribution in [-0.2, 0) is 0 Å². The molecule has 25 heavy (non-hydrogen) atoms. The molecule has 0 saturated heterocycles. The van der Waals surface area contributed by atoms with Crippen molar-refractivity contribution < 1.29 is 0 Å². The molecule has 0 bridgehead atoms. The van der Waals surface area contributed by atoms with Crippen molar-refractivity contribution in [2.24, 2.45) is 0 Å². The molecule has 0 aliphatic rings. The van der Waals surface area contributed by atoms with E-state index in [1.54, 1.807) is 0 Å². The second kappa shape index (κ2) is 20.2. The molecule has 0 unspecified atom stereocenters. The van der Waals surface area contributed by atoms with E-state index < -0.39 is 0 Å². The lowest BCUT2D eigenvalue weighted by molar-refractivity contribution is 0.277. The third-order valence-corrected chi connectivity index (χ3v) is 5.32. The van der Waals surface area contributed by atoms with Crippen LogP contribution in [0.25, 0.3) is 0 Å². The van der Waals surface area contributed by atoms with Gasteiger partial charge in [0.2, 0.25) is 0 Å². The molecule has 0 amide bonds. The summed E-state index contributed by atoms with van der Waals surface area (Å²) in [5.41, 5.74) is 0. The Labute approximate surface area is 160 Å². The molecule has 0 aliphatic heterocycles. The van der Waals surface area contributed by atoms with Crippen molar-refractivity contribution in [2.45, 2.75) is 110 Å². The SMILES string of the molecule is CCCCCCCCCCCCCCCCCCN(C)CCN(C)C. The summed E-state index contributed by atoms with van der Waals surface area (Å²) in [6.07, 6.45) is 23.2. The van der Waals surface area contributed by atoms with Gasteiger partial charge < -0.3 is 9.80 Å². The molecule has 0 aliphatic carbocycles. The van der Waals surface area contributed by atoms with Gasteiger partial charge in [-0.05, 0) is 34.1 Å². The lowest BCUT2D eigenvalue weighted by Crippen LogP contribution is -2.29. The van der Waals surface area contributed by atoms with Crippen LogP contribution in [0.1, 0.15) is 110 Å². The summed E-state index contributed by atoms with van der Waals surface area (Å²) in [6.45, 7) is 5.94. The van der Waals surface area contributed by atoms with Crippen LogP contribution in [0, 0.1) is 0 Å². The van der Waals surface area contributed by atoms with Gasteiger partial charge in [0.1, 0.15) is 0 Å². The van der Waals surface area contributed by atoms with Crippen molar-refractivity contribution in [1.82, 2.24) is 9.80 Å². The third-order valence-electron chi connectivity index (χ3n) is 5.32. The van der Waals surface area contributed by atoms with Crippen LogP contribution < -0.4 is 0 Å². The standard InChI is InChI=1S/C23H50N2/c1-5-6-7-8-9-10-11-12-13-14-15-16-17-18-19-20-21-25(4)23-22-24(2)3/h5-23H2,1-4H3. The largest absolute Gasteiger partial charge is 0.308 e. The highest BCUT2D eigenvalue weighted by Crippen LogP contribution is 2.13. The topological polar surface area (TPSA) is 6.48 Å². The number of rotatable bonds is 20. The molecular weight excluding hydrogens is 304 g/mol. The first-order chi connectivity index (χ1) is 12.2. The second-order valence-corrected chi connectivity index (χ2v) is 8.41. The normalized spacial score (nSPS) is 11.8. The lowest BCUT2D eigenvalue weighted by Gasteiger charge is -2.19. The molecule has 0 aromatic heterocycles. The van der Waals surface area contributed by atoms with Crippen molar-refractivity contribution >= 4 is 0 Å². The molecule has 0 N–H and O–H groups in total. The van der Waals surface area contributed by atoms with E-state index in [9.17, 15) is 0 Å². The zero-order valence-electron chi connectivity index (χ0n) is 18.3. The maximum Gasteiger partial charge on any atom is 0.0106 e. The average molecular weight is 355 g/mol. The van der Waals surface area contributed by atoms with Crippen LogP contribution in [0.4, 0.5) is 0 Å². The van der Waals surface area contributed by atoms with Crippen LogP contribution in [0.3, 0.4) is 0 Å². The minimum absolute atomic E-state index is 1.18. The highest BCUT2D eigenvalue weighted by atomic mass is 15.1. The Morgan fingerprint density at radius 3 is 1.12 bits per heavy atom. The minimum atomic E-state index is 1.18. The predicted octanol–water partition coefficient (Wildman–Crippen LogP) is 6.74. The second-order valence-electron chi connectivity index (χ2n) is 8.41. The predicted molar refractivity (Wildman–Crippen MR) is 116 cm³/mol. The molecule has 152 valence electrons. The van der Waals surface area contributed by atoms with E-state index >= 15 is 0 Å². The summed E-state index contributed by atoms with van der Waals surface area (Å²) < 4.78 is 0. The highest BCUT2D eigenvalue weighted by molar-refractivity contribution is 4.55. The van der Waals surface area contributed by atoms with Crippen LogP contribution in [0.15, 0.2) is 0 Å². The molecule has 0 heterocycles. The van der Waals surface area contributed by atoms with Crippen LogP contribution >= 0.6 is 0 Å². The Bertz CT molecular complexity index is 240.